The van der Waals surface area contributed by atoms with Crippen LogP contribution in [0, 0.1) is 0 Å². The molecule has 0 saturated carbocycles. The fraction of sp³-hybridized carbons (Fsp3) is 0.500. The minimum atomic E-state index is 0.0618. The molecule has 0 radical (unpaired) electrons. The minimum Gasteiger partial charge on any atom is -0.443 e. The highest BCUT2D eigenvalue weighted by Gasteiger charge is 2.17. The Morgan fingerprint density at radius 3 is 2.14 bits per heavy atom. The molecule has 2 aromatic rings. The average molecular weight is 286 g/mol. The number of rotatable bonds is 3. The molecular formula is C18H26N2O. The van der Waals surface area contributed by atoms with Crippen LogP contribution in [0.1, 0.15) is 52.8 Å². The third-order valence-electron chi connectivity index (χ3n) is 3.44. The molecule has 1 aromatic heterocycles. The van der Waals surface area contributed by atoms with Crippen molar-refractivity contribution in [3.8, 4) is 11.3 Å². The van der Waals surface area contributed by atoms with Gasteiger partial charge in [-0.2, -0.15) is 0 Å². The third-order valence-corrected chi connectivity index (χ3v) is 3.44. The number of hydrogen-bond donors (Lipinski definition) is 1. The van der Waals surface area contributed by atoms with E-state index in [1.165, 1.54) is 12.0 Å². The van der Waals surface area contributed by atoms with Gasteiger partial charge < -0.3 is 9.73 Å². The summed E-state index contributed by atoms with van der Waals surface area (Å²) in [4.78, 5) is 4.34. The van der Waals surface area contributed by atoms with Gasteiger partial charge in [-0.05, 0) is 31.7 Å². The first-order valence-corrected chi connectivity index (χ1v) is 7.45. The van der Waals surface area contributed by atoms with E-state index in [0.717, 1.165) is 17.0 Å². The first kappa shape index (κ1) is 15.8. The number of aromatic nitrogens is 1. The topological polar surface area (TPSA) is 38.1 Å². The van der Waals surface area contributed by atoms with Crippen LogP contribution in [0.25, 0.3) is 11.3 Å². The SMILES string of the molecule is CC(C)(C)NCc1ncoc1-c1ccc(C(C)(C)C)cc1. The molecule has 0 bridgehead atoms. The summed E-state index contributed by atoms with van der Waals surface area (Å²) in [6.07, 6.45) is 1.52. The second-order valence-corrected chi connectivity index (χ2v) is 7.56. The summed E-state index contributed by atoms with van der Waals surface area (Å²) < 4.78 is 5.59. The first-order valence-electron chi connectivity index (χ1n) is 7.45. The van der Waals surface area contributed by atoms with E-state index in [4.69, 9.17) is 4.42 Å². The van der Waals surface area contributed by atoms with E-state index in [-0.39, 0.29) is 11.0 Å². The van der Waals surface area contributed by atoms with E-state index < -0.39 is 0 Å². The van der Waals surface area contributed by atoms with Gasteiger partial charge in [-0.25, -0.2) is 4.98 Å². The lowest BCUT2D eigenvalue weighted by Crippen LogP contribution is -2.35. The van der Waals surface area contributed by atoms with Crippen LogP contribution in [0.2, 0.25) is 0 Å². The summed E-state index contributed by atoms with van der Waals surface area (Å²) in [5.41, 5.74) is 3.57. The van der Waals surface area contributed by atoms with Gasteiger partial charge in [-0.3, -0.25) is 0 Å². The number of nitrogens with one attached hydrogen (secondary N) is 1. The molecule has 21 heavy (non-hydrogen) atoms. The number of oxazole rings is 1. The van der Waals surface area contributed by atoms with Gasteiger partial charge in [0.1, 0.15) is 5.69 Å². The predicted octanol–water partition coefficient (Wildman–Crippen LogP) is 4.53. The van der Waals surface area contributed by atoms with Crippen LogP contribution in [0.5, 0.6) is 0 Å². The van der Waals surface area contributed by atoms with Crippen LogP contribution < -0.4 is 5.32 Å². The van der Waals surface area contributed by atoms with Gasteiger partial charge in [0.25, 0.3) is 0 Å². The van der Waals surface area contributed by atoms with Gasteiger partial charge in [0, 0.05) is 17.6 Å². The van der Waals surface area contributed by atoms with Crippen LogP contribution in [-0.2, 0) is 12.0 Å². The monoisotopic (exact) mass is 286 g/mol. The quantitative estimate of drug-likeness (QED) is 0.901. The summed E-state index contributed by atoms with van der Waals surface area (Å²) in [5.74, 6) is 0.854. The second kappa shape index (κ2) is 5.64. The third kappa shape index (κ3) is 4.18. The summed E-state index contributed by atoms with van der Waals surface area (Å²) in [6, 6.07) is 8.56. The Hall–Kier alpha value is -1.61. The van der Waals surface area contributed by atoms with Crippen LogP contribution in [0.4, 0.5) is 0 Å². The van der Waals surface area contributed by atoms with Crippen molar-refractivity contribution in [2.24, 2.45) is 0 Å². The highest BCUT2D eigenvalue weighted by molar-refractivity contribution is 5.60. The summed E-state index contributed by atoms with van der Waals surface area (Å²) in [5, 5.41) is 3.45. The van der Waals surface area contributed by atoms with Crippen molar-refractivity contribution < 1.29 is 4.42 Å². The van der Waals surface area contributed by atoms with Crippen LogP contribution in [0.15, 0.2) is 35.1 Å². The van der Waals surface area contributed by atoms with Crippen molar-refractivity contribution in [1.82, 2.24) is 10.3 Å². The molecule has 3 nitrogen and oxygen atoms in total. The van der Waals surface area contributed by atoms with E-state index in [1.807, 2.05) is 0 Å². The Morgan fingerprint density at radius 1 is 1.00 bits per heavy atom. The average Bonchev–Trinajstić information content (AvgIpc) is 2.83. The Kier molecular flexibility index (Phi) is 4.24. The standard InChI is InChI=1S/C18H26N2O/c1-17(2,3)14-9-7-13(8-10-14)16-15(19-12-21-16)11-20-18(4,5)6/h7-10,12,20H,11H2,1-6H3. The highest BCUT2D eigenvalue weighted by Crippen LogP contribution is 2.27. The molecule has 0 aliphatic carbocycles. The predicted molar refractivity (Wildman–Crippen MR) is 87.2 cm³/mol. The van der Waals surface area contributed by atoms with Crippen molar-refractivity contribution in [3.05, 3.63) is 41.9 Å². The van der Waals surface area contributed by atoms with Gasteiger partial charge >= 0.3 is 0 Å². The Bertz CT molecular complexity index is 583. The molecule has 1 heterocycles. The largest absolute Gasteiger partial charge is 0.443 e. The zero-order valence-electron chi connectivity index (χ0n) is 13.9. The molecule has 0 aliphatic heterocycles. The lowest BCUT2D eigenvalue weighted by Gasteiger charge is -2.20. The fourth-order valence-corrected chi connectivity index (χ4v) is 2.10. The van der Waals surface area contributed by atoms with Gasteiger partial charge in [0.2, 0.25) is 0 Å². The van der Waals surface area contributed by atoms with Gasteiger partial charge in [0.15, 0.2) is 12.2 Å². The molecular weight excluding hydrogens is 260 g/mol. The summed E-state index contributed by atoms with van der Waals surface area (Å²) >= 11 is 0. The molecule has 1 aromatic carbocycles. The van der Waals surface area contributed by atoms with Crippen LogP contribution >= 0.6 is 0 Å². The van der Waals surface area contributed by atoms with Gasteiger partial charge in [-0.15, -0.1) is 0 Å². The van der Waals surface area contributed by atoms with Crippen molar-refractivity contribution in [2.45, 2.75) is 59.0 Å². The number of benzene rings is 1. The maximum Gasteiger partial charge on any atom is 0.181 e. The maximum atomic E-state index is 5.59. The van der Waals surface area contributed by atoms with E-state index >= 15 is 0 Å². The van der Waals surface area contributed by atoms with E-state index in [0.29, 0.717) is 6.54 Å². The fourth-order valence-electron chi connectivity index (χ4n) is 2.10. The normalized spacial score (nSPS) is 12.7. The molecule has 0 fully saturated rings. The van der Waals surface area contributed by atoms with Crippen molar-refractivity contribution >= 4 is 0 Å². The molecule has 3 heteroatoms. The molecule has 0 amide bonds. The zero-order valence-corrected chi connectivity index (χ0v) is 13.9. The highest BCUT2D eigenvalue weighted by atomic mass is 16.3. The molecule has 0 unspecified atom stereocenters. The molecule has 0 spiro atoms. The van der Waals surface area contributed by atoms with Crippen molar-refractivity contribution in [2.75, 3.05) is 0 Å². The van der Waals surface area contributed by atoms with E-state index in [9.17, 15) is 0 Å². The molecule has 2 rings (SSSR count). The van der Waals surface area contributed by atoms with Crippen LogP contribution in [-0.4, -0.2) is 10.5 Å². The zero-order chi connectivity index (χ0) is 15.7. The molecule has 0 atom stereocenters. The number of hydrogen-bond acceptors (Lipinski definition) is 3. The Balaban J connectivity index is 2.21. The Labute approximate surface area is 127 Å². The summed E-state index contributed by atoms with van der Waals surface area (Å²) in [6.45, 7) is 13.8. The lowest BCUT2D eigenvalue weighted by molar-refractivity contribution is 0.421. The van der Waals surface area contributed by atoms with E-state index in [1.54, 1.807) is 0 Å². The molecule has 0 saturated heterocycles. The van der Waals surface area contributed by atoms with E-state index in [2.05, 4.69) is 76.1 Å². The number of nitrogens with zero attached hydrogens (tertiary/aromatic N) is 1. The van der Waals surface area contributed by atoms with Crippen LogP contribution in [0.3, 0.4) is 0 Å². The smallest absolute Gasteiger partial charge is 0.181 e. The maximum absolute atomic E-state index is 5.59. The van der Waals surface area contributed by atoms with Crippen molar-refractivity contribution in [3.63, 3.8) is 0 Å². The second-order valence-electron chi connectivity index (χ2n) is 7.56. The first-order chi connectivity index (χ1) is 9.67. The van der Waals surface area contributed by atoms with Gasteiger partial charge in [0.05, 0.1) is 0 Å². The molecule has 114 valence electrons. The molecule has 0 aliphatic rings. The minimum absolute atomic E-state index is 0.0618. The lowest BCUT2D eigenvalue weighted by atomic mass is 9.86. The van der Waals surface area contributed by atoms with Gasteiger partial charge in [-0.1, -0.05) is 45.0 Å². The van der Waals surface area contributed by atoms with Crippen molar-refractivity contribution in [1.29, 1.82) is 0 Å². The Morgan fingerprint density at radius 2 is 1.62 bits per heavy atom. The summed E-state index contributed by atoms with van der Waals surface area (Å²) in [7, 11) is 0. The molecule has 1 N–H and O–H groups in total.